The topological polar surface area (TPSA) is 58.4 Å². The van der Waals surface area contributed by atoms with Gasteiger partial charge in [-0.25, -0.2) is 4.98 Å². The van der Waals surface area contributed by atoms with Gasteiger partial charge in [0.15, 0.2) is 0 Å². The first-order valence-corrected chi connectivity index (χ1v) is 11.5. The van der Waals surface area contributed by atoms with Gasteiger partial charge in [-0.2, -0.15) is 0 Å². The second kappa shape index (κ2) is 10.8. The van der Waals surface area contributed by atoms with Crippen molar-refractivity contribution in [3.05, 3.63) is 75.0 Å². The number of rotatable bonds is 11. The van der Waals surface area contributed by atoms with E-state index < -0.39 is 12.0 Å². The maximum absolute atomic E-state index is 11.9. The monoisotopic (exact) mass is 445 g/mol. The van der Waals surface area contributed by atoms with Gasteiger partial charge in [-0.05, 0) is 36.5 Å². The number of aryl methyl sites for hydroxylation is 1. The number of carboxylic acid groups (broad SMARTS) is 1. The summed E-state index contributed by atoms with van der Waals surface area (Å²) in [7, 11) is 1.87. The molecule has 0 aliphatic carbocycles. The maximum Gasteiger partial charge on any atom is 0.321 e. The van der Waals surface area contributed by atoms with Crippen molar-refractivity contribution in [1.29, 1.82) is 0 Å². The first-order chi connectivity index (χ1) is 14.5. The highest BCUT2D eigenvalue weighted by molar-refractivity contribution is 7.09. The Labute approximate surface area is 186 Å². The Balaban J connectivity index is 1.83. The van der Waals surface area contributed by atoms with Crippen LogP contribution in [0.25, 0.3) is 0 Å². The Bertz CT molecular complexity index is 955. The minimum absolute atomic E-state index is 0.491. The van der Waals surface area contributed by atoms with Crippen molar-refractivity contribution in [1.82, 2.24) is 14.5 Å². The van der Waals surface area contributed by atoms with Gasteiger partial charge < -0.3 is 9.67 Å². The van der Waals surface area contributed by atoms with Crippen molar-refractivity contribution in [3.8, 4) is 0 Å². The first-order valence-electron chi connectivity index (χ1n) is 10.2. The molecule has 2 heterocycles. The number of carbonyl (C=O) groups is 1. The van der Waals surface area contributed by atoms with Gasteiger partial charge in [0, 0.05) is 35.5 Å². The van der Waals surface area contributed by atoms with E-state index >= 15 is 0 Å². The lowest BCUT2D eigenvalue weighted by molar-refractivity contribution is -0.142. The van der Waals surface area contributed by atoms with Crippen LogP contribution in [0.1, 0.15) is 41.7 Å². The third kappa shape index (κ3) is 5.72. The summed E-state index contributed by atoms with van der Waals surface area (Å²) in [5, 5.41) is 12.5. The Kier molecular flexibility index (Phi) is 8.08. The van der Waals surface area contributed by atoms with E-state index in [2.05, 4.69) is 16.5 Å². The summed E-state index contributed by atoms with van der Waals surface area (Å²) in [5.74, 6) is 0.208. The number of hydrogen-bond donors (Lipinski definition) is 1. The molecule has 0 saturated heterocycles. The number of aromatic nitrogens is 2. The fourth-order valence-corrected chi connectivity index (χ4v) is 4.46. The lowest BCUT2D eigenvalue weighted by Crippen LogP contribution is -2.40. The van der Waals surface area contributed by atoms with Gasteiger partial charge in [-0.15, -0.1) is 11.3 Å². The van der Waals surface area contributed by atoms with E-state index in [-0.39, 0.29) is 0 Å². The van der Waals surface area contributed by atoms with Crippen molar-refractivity contribution in [3.63, 3.8) is 0 Å². The third-order valence-corrected chi connectivity index (χ3v) is 6.53. The minimum atomic E-state index is -0.811. The Morgan fingerprint density at radius 1 is 1.30 bits per heavy atom. The summed E-state index contributed by atoms with van der Waals surface area (Å²) >= 11 is 8.00. The summed E-state index contributed by atoms with van der Waals surface area (Å²) in [5.41, 5.74) is 2.04. The number of unbranched alkanes of at least 4 members (excludes halogenated alkanes) is 1. The molecular weight excluding hydrogens is 418 g/mol. The van der Waals surface area contributed by atoms with Crippen LogP contribution in [0.15, 0.2) is 48.0 Å². The molecule has 0 spiro atoms. The van der Waals surface area contributed by atoms with Gasteiger partial charge in [0.05, 0.1) is 12.2 Å². The lowest BCUT2D eigenvalue weighted by atomic mass is 10.1. The van der Waals surface area contributed by atoms with E-state index in [9.17, 15) is 9.90 Å². The van der Waals surface area contributed by atoms with E-state index in [1.807, 2.05) is 59.9 Å². The van der Waals surface area contributed by atoms with Crippen molar-refractivity contribution >= 4 is 28.9 Å². The van der Waals surface area contributed by atoms with Crippen LogP contribution in [0, 0.1) is 0 Å². The minimum Gasteiger partial charge on any atom is -0.480 e. The van der Waals surface area contributed by atoms with Gasteiger partial charge in [0.25, 0.3) is 0 Å². The average molecular weight is 446 g/mol. The van der Waals surface area contributed by atoms with Crippen LogP contribution < -0.4 is 0 Å². The number of benzene rings is 1. The predicted molar refractivity (Wildman–Crippen MR) is 122 cm³/mol. The number of nitrogens with zero attached hydrogens (tertiary/aromatic N) is 3. The molecule has 160 valence electrons. The number of hydrogen-bond acceptors (Lipinski definition) is 4. The van der Waals surface area contributed by atoms with Crippen LogP contribution in [-0.4, -0.2) is 38.6 Å². The number of halogens is 1. The molecule has 1 N–H and O–H groups in total. The molecule has 0 amide bonds. The van der Waals surface area contributed by atoms with Gasteiger partial charge >= 0.3 is 5.97 Å². The molecule has 0 aliphatic rings. The molecule has 0 bridgehead atoms. The van der Waals surface area contributed by atoms with E-state index in [0.717, 1.165) is 46.2 Å². The molecule has 1 atom stereocenters. The molecule has 0 fully saturated rings. The zero-order chi connectivity index (χ0) is 21.5. The molecular formula is C23H28ClN3O2S. The highest BCUT2D eigenvalue weighted by atomic mass is 35.5. The zero-order valence-electron chi connectivity index (χ0n) is 17.4. The first kappa shape index (κ1) is 22.5. The SMILES string of the molecule is CCCCc1ncc(CN(C)[C@@H](Cc2cccs2)C(=O)O)n1Cc1ccccc1Cl. The summed E-state index contributed by atoms with van der Waals surface area (Å²) in [4.78, 5) is 19.6. The van der Waals surface area contributed by atoms with Crippen LogP contribution in [0.2, 0.25) is 5.02 Å². The lowest BCUT2D eigenvalue weighted by Gasteiger charge is -2.25. The fourth-order valence-electron chi connectivity index (χ4n) is 3.52. The zero-order valence-corrected chi connectivity index (χ0v) is 19.0. The van der Waals surface area contributed by atoms with Crippen LogP contribution in [0.3, 0.4) is 0 Å². The highest BCUT2D eigenvalue weighted by Gasteiger charge is 2.25. The Morgan fingerprint density at radius 3 is 2.77 bits per heavy atom. The molecule has 3 rings (SSSR count). The van der Waals surface area contributed by atoms with Crippen LogP contribution in [-0.2, 0) is 30.7 Å². The van der Waals surface area contributed by atoms with Crippen molar-refractivity contribution in [2.24, 2.45) is 0 Å². The highest BCUT2D eigenvalue weighted by Crippen LogP contribution is 2.21. The van der Waals surface area contributed by atoms with Crippen molar-refractivity contribution in [2.45, 2.75) is 51.7 Å². The average Bonchev–Trinajstić information content (AvgIpc) is 3.36. The van der Waals surface area contributed by atoms with Crippen molar-refractivity contribution in [2.75, 3.05) is 7.05 Å². The Hall–Kier alpha value is -2.15. The van der Waals surface area contributed by atoms with Gasteiger partial charge in [-0.1, -0.05) is 49.2 Å². The fraction of sp³-hybridized carbons (Fsp3) is 0.391. The van der Waals surface area contributed by atoms with Gasteiger partial charge in [0.1, 0.15) is 11.9 Å². The van der Waals surface area contributed by atoms with Gasteiger partial charge in [-0.3, -0.25) is 9.69 Å². The molecule has 0 unspecified atom stereocenters. The molecule has 30 heavy (non-hydrogen) atoms. The standard InChI is InChI=1S/C23H28ClN3O2S/c1-3-4-11-22-25-14-18(27(22)15-17-8-5-6-10-20(17)24)16-26(2)21(23(28)29)13-19-9-7-12-30-19/h5-10,12,14,21H,3-4,11,13,15-16H2,1-2H3,(H,28,29)/t21-/m0/s1. The second-order valence-electron chi connectivity index (χ2n) is 7.50. The van der Waals surface area contributed by atoms with Crippen molar-refractivity contribution < 1.29 is 9.90 Å². The smallest absolute Gasteiger partial charge is 0.321 e. The van der Waals surface area contributed by atoms with Crippen LogP contribution >= 0.6 is 22.9 Å². The molecule has 0 radical (unpaired) electrons. The van der Waals surface area contributed by atoms with Crippen LogP contribution in [0.4, 0.5) is 0 Å². The number of imidazole rings is 1. The van der Waals surface area contributed by atoms with E-state index in [0.29, 0.717) is 19.5 Å². The molecule has 5 nitrogen and oxygen atoms in total. The number of likely N-dealkylation sites (N-methyl/N-ethyl adjacent to an activating group) is 1. The summed E-state index contributed by atoms with van der Waals surface area (Å²) < 4.78 is 2.19. The predicted octanol–water partition coefficient (Wildman–Crippen LogP) is 5.12. The normalized spacial score (nSPS) is 12.4. The maximum atomic E-state index is 11.9. The number of aliphatic carboxylic acids is 1. The summed E-state index contributed by atoms with van der Waals surface area (Å²) in [6.45, 7) is 3.30. The largest absolute Gasteiger partial charge is 0.480 e. The van der Waals surface area contributed by atoms with E-state index in [4.69, 9.17) is 11.6 Å². The summed E-state index contributed by atoms with van der Waals surface area (Å²) in [6, 6.07) is 11.2. The molecule has 1 aromatic carbocycles. The quantitative estimate of drug-likeness (QED) is 0.445. The molecule has 3 aromatic rings. The molecule has 0 aliphatic heterocycles. The number of carboxylic acids is 1. The molecule has 7 heteroatoms. The molecule has 2 aromatic heterocycles. The summed E-state index contributed by atoms with van der Waals surface area (Å²) in [6.07, 6.45) is 5.41. The third-order valence-electron chi connectivity index (χ3n) is 5.26. The Morgan fingerprint density at radius 2 is 2.10 bits per heavy atom. The second-order valence-corrected chi connectivity index (χ2v) is 8.94. The number of thiophene rings is 1. The van der Waals surface area contributed by atoms with Crippen LogP contribution in [0.5, 0.6) is 0 Å². The molecule has 0 saturated carbocycles. The van der Waals surface area contributed by atoms with Gasteiger partial charge in [0.2, 0.25) is 0 Å². The van der Waals surface area contributed by atoms with E-state index in [1.54, 1.807) is 11.3 Å². The van der Waals surface area contributed by atoms with E-state index in [1.165, 1.54) is 0 Å².